The first-order chi connectivity index (χ1) is 7.10. The fraction of sp³-hybridized carbons (Fsp3) is 0.643. The van der Waals surface area contributed by atoms with E-state index in [9.17, 15) is 0 Å². The van der Waals surface area contributed by atoms with Gasteiger partial charge in [-0.3, -0.25) is 0 Å². The largest absolute Gasteiger partial charge is 4.00 e. The maximum absolute atomic E-state index is 2.48. The van der Waals surface area contributed by atoms with Gasteiger partial charge in [0.2, 0.25) is 0 Å². The van der Waals surface area contributed by atoms with Crippen molar-refractivity contribution in [3.63, 3.8) is 0 Å². The molecule has 0 unspecified atom stereocenters. The van der Waals surface area contributed by atoms with Crippen LogP contribution in [-0.4, -0.2) is 24.5 Å². The number of hydrogen-bond acceptors (Lipinski definition) is 1. The second kappa shape index (κ2) is 13.9. The molecule has 5 heteroatoms. The zero-order valence-electron chi connectivity index (χ0n) is 12.5. The van der Waals surface area contributed by atoms with Crippen LogP contribution in [0.2, 0.25) is 0 Å². The fourth-order valence-electron chi connectivity index (χ4n) is 2.09. The van der Waals surface area contributed by atoms with Gasteiger partial charge in [-0.1, -0.05) is 34.6 Å². The minimum absolute atomic E-state index is 0. The maximum atomic E-state index is 2.48. The summed E-state index contributed by atoms with van der Waals surface area (Å²) >= 11 is 0. The Balaban J connectivity index is -0.000000281. The summed E-state index contributed by atoms with van der Waals surface area (Å²) in [5.74, 6) is 0. The summed E-state index contributed by atoms with van der Waals surface area (Å²) in [5, 5.41) is 0. The van der Waals surface area contributed by atoms with E-state index in [2.05, 4.69) is 45.6 Å². The first kappa shape index (κ1) is 28.1. The SMILES string of the molecule is CCN(CC)CCc1[cH-]c(C)c(C)c1C.[Cl-].[Cl-].[Cl-].[Ti+4]. The van der Waals surface area contributed by atoms with E-state index in [1.54, 1.807) is 0 Å². The molecule has 0 fully saturated rings. The molecule has 0 aliphatic heterocycles. The van der Waals surface area contributed by atoms with Gasteiger partial charge in [0.05, 0.1) is 0 Å². The first-order valence-corrected chi connectivity index (χ1v) is 6.04. The molecule has 1 nitrogen and oxygen atoms in total. The van der Waals surface area contributed by atoms with Crippen molar-refractivity contribution in [1.29, 1.82) is 0 Å². The van der Waals surface area contributed by atoms with E-state index in [1.165, 1.54) is 35.2 Å². The number of halogens is 3. The van der Waals surface area contributed by atoms with Crippen LogP contribution < -0.4 is 37.2 Å². The number of nitrogens with zero attached hydrogens (tertiary/aromatic N) is 1. The normalized spacial score (nSPS) is 8.95. The molecule has 0 heterocycles. The Hall–Kier alpha value is 0.894. The molecule has 0 aromatic heterocycles. The number of rotatable bonds is 5. The van der Waals surface area contributed by atoms with Crippen molar-refractivity contribution in [3.8, 4) is 0 Å². The van der Waals surface area contributed by atoms with E-state index in [1.807, 2.05) is 0 Å². The molecule has 0 saturated carbocycles. The van der Waals surface area contributed by atoms with Gasteiger partial charge in [0, 0.05) is 6.54 Å². The molecule has 110 valence electrons. The smallest absolute Gasteiger partial charge is 1.00 e. The van der Waals surface area contributed by atoms with Crippen LogP contribution in [0.4, 0.5) is 0 Å². The minimum atomic E-state index is 0. The fourth-order valence-corrected chi connectivity index (χ4v) is 2.09. The Morgan fingerprint density at radius 3 is 1.68 bits per heavy atom. The molecule has 0 radical (unpaired) electrons. The summed E-state index contributed by atoms with van der Waals surface area (Å²) in [6.45, 7) is 14.7. The Morgan fingerprint density at radius 2 is 1.37 bits per heavy atom. The second-order valence-electron chi connectivity index (χ2n) is 4.38. The summed E-state index contributed by atoms with van der Waals surface area (Å²) in [4.78, 5) is 2.48. The van der Waals surface area contributed by atoms with Crippen LogP contribution in [0, 0.1) is 20.8 Å². The van der Waals surface area contributed by atoms with Gasteiger partial charge in [0.25, 0.3) is 0 Å². The molecule has 0 atom stereocenters. The molecule has 0 N–H and O–H groups in total. The van der Waals surface area contributed by atoms with Crippen LogP contribution in [0.3, 0.4) is 0 Å². The standard InChI is InChI=1S/C14H24N.3ClH.Ti/c1-6-15(7-2)9-8-14-10-11(3)12(4)13(14)5;;;;/h10H,6-9H2,1-5H3;3*1H;/q-1;;;;+4/p-3. The third-order valence-corrected chi connectivity index (χ3v) is 3.62. The molecule has 1 rings (SSSR count). The van der Waals surface area contributed by atoms with E-state index in [-0.39, 0.29) is 58.9 Å². The molecule has 19 heavy (non-hydrogen) atoms. The van der Waals surface area contributed by atoms with Crippen molar-refractivity contribution in [2.75, 3.05) is 19.6 Å². The maximum Gasteiger partial charge on any atom is 4.00 e. The first-order valence-electron chi connectivity index (χ1n) is 6.04. The van der Waals surface area contributed by atoms with Crippen LogP contribution in [0.25, 0.3) is 0 Å². The Bertz CT molecular complexity index is 323. The number of hydrogen-bond donors (Lipinski definition) is 0. The van der Waals surface area contributed by atoms with Crippen LogP contribution in [-0.2, 0) is 28.1 Å². The van der Waals surface area contributed by atoms with Gasteiger partial charge >= 0.3 is 21.7 Å². The van der Waals surface area contributed by atoms with E-state index >= 15 is 0 Å². The molecular weight excluding hydrogens is 336 g/mol. The Labute approximate surface area is 152 Å². The molecule has 0 saturated heterocycles. The number of aryl methyl sites for hydroxylation is 1. The molecule has 0 spiro atoms. The Kier molecular flexibility index (Phi) is 20.5. The summed E-state index contributed by atoms with van der Waals surface area (Å²) in [6, 6.07) is 2.36. The quantitative estimate of drug-likeness (QED) is 0.374. The molecule has 0 bridgehead atoms. The molecular formula is C14H24Cl3NTi. The van der Waals surface area contributed by atoms with Gasteiger partial charge in [0.1, 0.15) is 0 Å². The van der Waals surface area contributed by atoms with E-state index in [0.717, 1.165) is 13.1 Å². The van der Waals surface area contributed by atoms with Gasteiger partial charge in [-0.25, -0.2) is 0 Å². The van der Waals surface area contributed by atoms with Gasteiger partial charge in [-0.05, 0) is 19.5 Å². The zero-order chi connectivity index (χ0) is 11.4. The molecule has 0 aliphatic rings. The van der Waals surface area contributed by atoms with E-state index in [4.69, 9.17) is 0 Å². The van der Waals surface area contributed by atoms with Crippen molar-refractivity contribution in [3.05, 3.63) is 28.3 Å². The Morgan fingerprint density at radius 1 is 0.895 bits per heavy atom. The molecule has 0 amide bonds. The van der Waals surface area contributed by atoms with Crippen molar-refractivity contribution in [2.45, 2.75) is 41.0 Å². The summed E-state index contributed by atoms with van der Waals surface area (Å²) in [7, 11) is 0. The van der Waals surface area contributed by atoms with Gasteiger partial charge in [0.15, 0.2) is 0 Å². The van der Waals surface area contributed by atoms with Crippen LogP contribution in [0.15, 0.2) is 6.07 Å². The van der Waals surface area contributed by atoms with E-state index in [0.29, 0.717) is 0 Å². The predicted octanol–water partition coefficient (Wildman–Crippen LogP) is -5.78. The van der Waals surface area contributed by atoms with Gasteiger partial charge in [-0.15, -0.1) is 0 Å². The van der Waals surface area contributed by atoms with Crippen molar-refractivity contribution < 1.29 is 58.9 Å². The van der Waals surface area contributed by atoms with Crippen molar-refractivity contribution in [1.82, 2.24) is 4.90 Å². The third kappa shape index (κ3) is 8.04. The van der Waals surface area contributed by atoms with Crippen molar-refractivity contribution >= 4 is 0 Å². The number of likely N-dealkylation sites (N-methyl/N-ethyl adjacent to an activating group) is 1. The average Bonchev–Trinajstić information content (AvgIpc) is 2.48. The molecule has 1 aromatic carbocycles. The van der Waals surface area contributed by atoms with Gasteiger partial charge in [-0.2, -0.15) is 28.3 Å². The zero-order valence-corrected chi connectivity index (χ0v) is 16.3. The molecule has 0 aliphatic carbocycles. The van der Waals surface area contributed by atoms with E-state index < -0.39 is 0 Å². The predicted molar refractivity (Wildman–Crippen MR) is 67.7 cm³/mol. The summed E-state index contributed by atoms with van der Waals surface area (Å²) in [5.41, 5.74) is 5.96. The average molecular weight is 361 g/mol. The van der Waals surface area contributed by atoms with Crippen LogP contribution >= 0.6 is 0 Å². The second-order valence-corrected chi connectivity index (χ2v) is 4.38. The third-order valence-electron chi connectivity index (χ3n) is 3.62. The summed E-state index contributed by atoms with van der Waals surface area (Å²) < 4.78 is 0. The van der Waals surface area contributed by atoms with Crippen molar-refractivity contribution in [2.24, 2.45) is 0 Å². The topological polar surface area (TPSA) is 3.24 Å². The van der Waals surface area contributed by atoms with Crippen LogP contribution in [0.5, 0.6) is 0 Å². The van der Waals surface area contributed by atoms with Gasteiger partial charge < -0.3 is 42.1 Å². The monoisotopic (exact) mass is 359 g/mol. The summed E-state index contributed by atoms with van der Waals surface area (Å²) in [6.07, 6.45) is 1.20. The molecule has 1 aromatic rings. The van der Waals surface area contributed by atoms with Crippen LogP contribution in [0.1, 0.15) is 36.1 Å². The minimum Gasteiger partial charge on any atom is -1.00 e.